The first-order chi connectivity index (χ1) is 19.6. The van der Waals surface area contributed by atoms with Gasteiger partial charge in [0, 0.05) is 32.4 Å². The largest absolute Gasteiger partial charge is 0.501 e. The second-order valence-electron chi connectivity index (χ2n) is 10.8. The van der Waals surface area contributed by atoms with Gasteiger partial charge in [-0.25, -0.2) is 9.37 Å². The Morgan fingerprint density at radius 1 is 1.22 bits per heavy atom. The number of aromatic nitrogens is 5. The molecule has 1 saturated carbocycles. The van der Waals surface area contributed by atoms with Crippen LogP contribution < -0.4 is 16.2 Å². The lowest BCUT2D eigenvalue weighted by Gasteiger charge is -2.36. The molecule has 212 valence electrons. The van der Waals surface area contributed by atoms with E-state index in [0.29, 0.717) is 41.8 Å². The van der Waals surface area contributed by atoms with E-state index in [1.54, 1.807) is 37.1 Å². The van der Waals surface area contributed by atoms with Gasteiger partial charge in [-0.05, 0) is 55.7 Å². The maximum Gasteiger partial charge on any atom is 0.296 e. The van der Waals surface area contributed by atoms with Gasteiger partial charge in [0.2, 0.25) is 5.75 Å². The zero-order chi connectivity index (χ0) is 28.9. The number of hydrogen-bond donors (Lipinski definition) is 3. The van der Waals surface area contributed by atoms with Crippen LogP contribution in [0.5, 0.6) is 5.75 Å². The number of fused-ring (bicyclic) bond motifs is 2. The molecule has 13 heteroatoms. The first kappa shape index (κ1) is 26.4. The SMILES string of the molecule is Cc1cc(CNC(=O)c2nc3n(c(=O)c2O)CC2CCC3(NC(=O)c3cc(-c4cnn(C)c4)on3)CC2)ccc1F. The Hall–Kier alpha value is -4.81. The van der Waals surface area contributed by atoms with Crippen LogP contribution in [-0.2, 0) is 25.7 Å². The number of benzene rings is 1. The number of nitrogens with one attached hydrogen (secondary N) is 2. The van der Waals surface area contributed by atoms with Crippen molar-refractivity contribution in [2.45, 2.75) is 51.2 Å². The summed E-state index contributed by atoms with van der Waals surface area (Å²) in [4.78, 5) is 44.4. The van der Waals surface area contributed by atoms with Gasteiger partial charge in [-0.2, -0.15) is 5.10 Å². The van der Waals surface area contributed by atoms with E-state index < -0.39 is 34.4 Å². The van der Waals surface area contributed by atoms with Gasteiger partial charge in [0.15, 0.2) is 17.1 Å². The van der Waals surface area contributed by atoms with Crippen molar-refractivity contribution in [1.29, 1.82) is 0 Å². The molecule has 0 spiro atoms. The molecule has 3 aromatic heterocycles. The average molecular weight is 562 g/mol. The Labute approximate surface area is 233 Å². The molecule has 7 rings (SSSR count). The van der Waals surface area contributed by atoms with E-state index in [0.717, 1.165) is 12.8 Å². The second kappa shape index (κ2) is 9.98. The van der Waals surface area contributed by atoms with Crippen LogP contribution in [0.15, 0.2) is 46.0 Å². The van der Waals surface area contributed by atoms with E-state index in [2.05, 4.69) is 25.9 Å². The number of carbonyl (C=O) groups excluding carboxylic acids is 2. The maximum atomic E-state index is 13.6. The van der Waals surface area contributed by atoms with Gasteiger partial charge < -0.3 is 20.3 Å². The lowest BCUT2D eigenvalue weighted by atomic mass is 9.77. The number of nitrogens with zero attached hydrogens (tertiary/aromatic N) is 5. The molecule has 2 amide bonds. The van der Waals surface area contributed by atoms with E-state index in [9.17, 15) is 23.9 Å². The lowest BCUT2D eigenvalue weighted by molar-refractivity contribution is 0.0841. The number of aryl methyl sites for hydroxylation is 2. The quantitative estimate of drug-likeness (QED) is 0.324. The van der Waals surface area contributed by atoms with E-state index >= 15 is 0 Å². The van der Waals surface area contributed by atoms with Crippen LogP contribution in [0.25, 0.3) is 11.3 Å². The Morgan fingerprint density at radius 3 is 2.71 bits per heavy atom. The number of hydrogen-bond acceptors (Lipinski definition) is 8. The summed E-state index contributed by atoms with van der Waals surface area (Å²) in [6.07, 6.45) is 5.74. The first-order valence-corrected chi connectivity index (χ1v) is 13.3. The summed E-state index contributed by atoms with van der Waals surface area (Å²) in [5.41, 5.74) is -0.464. The molecule has 41 heavy (non-hydrogen) atoms. The van der Waals surface area contributed by atoms with Crippen LogP contribution in [0.1, 0.15) is 63.6 Å². The van der Waals surface area contributed by atoms with Gasteiger partial charge in [0.05, 0.1) is 17.3 Å². The van der Waals surface area contributed by atoms with Gasteiger partial charge >= 0.3 is 0 Å². The van der Waals surface area contributed by atoms with Gasteiger partial charge in [0.25, 0.3) is 17.4 Å². The molecule has 2 aliphatic heterocycles. The summed E-state index contributed by atoms with van der Waals surface area (Å²) in [6, 6.07) is 5.95. The predicted molar refractivity (Wildman–Crippen MR) is 142 cm³/mol. The molecule has 5 heterocycles. The van der Waals surface area contributed by atoms with E-state index in [-0.39, 0.29) is 29.8 Å². The summed E-state index contributed by atoms with van der Waals surface area (Å²) in [7, 11) is 1.76. The third-order valence-electron chi connectivity index (χ3n) is 7.95. The monoisotopic (exact) mass is 561 g/mol. The predicted octanol–water partition coefficient (Wildman–Crippen LogP) is 2.54. The Morgan fingerprint density at radius 2 is 2.00 bits per heavy atom. The summed E-state index contributed by atoms with van der Waals surface area (Å²) in [5.74, 6) is -1.65. The third-order valence-corrected chi connectivity index (χ3v) is 7.95. The first-order valence-electron chi connectivity index (χ1n) is 13.3. The summed E-state index contributed by atoms with van der Waals surface area (Å²) in [6.45, 7) is 1.97. The fourth-order valence-corrected chi connectivity index (χ4v) is 5.68. The number of rotatable bonds is 6. The molecule has 3 aliphatic rings. The average Bonchev–Trinajstić information content (AvgIpc) is 3.56. The van der Waals surface area contributed by atoms with Crippen molar-refractivity contribution in [3.8, 4) is 17.1 Å². The highest BCUT2D eigenvalue weighted by molar-refractivity contribution is 5.95. The Balaban J connectivity index is 1.31. The van der Waals surface area contributed by atoms with Gasteiger partial charge in [-0.3, -0.25) is 23.6 Å². The molecule has 0 saturated heterocycles. The molecule has 0 atom stereocenters. The van der Waals surface area contributed by atoms with E-state index in [1.807, 2.05) is 0 Å². The van der Waals surface area contributed by atoms with Crippen molar-refractivity contribution < 1.29 is 23.6 Å². The van der Waals surface area contributed by atoms with Crippen LogP contribution in [0.3, 0.4) is 0 Å². The summed E-state index contributed by atoms with van der Waals surface area (Å²) >= 11 is 0. The molecule has 4 aromatic rings. The minimum atomic E-state index is -1.06. The molecule has 1 aromatic carbocycles. The molecule has 1 aliphatic carbocycles. The molecule has 3 N–H and O–H groups in total. The van der Waals surface area contributed by atoms with Crippen LogP contribution >= 0.6 is 0 Å². The topological polar surface area (TPSA) is 157 Å². The number of aromatic hydroxyl groups is 1. The van der Waals surface area contributed by atoms with Crippen molar-refractivity contribution in [2.24, 2.45) is 13.0 Å². The zero-order valence-electron chi connectivity index (χ0n) is 22.5. The van der Waals surface area contributed by atoms with Gasteiger partial charge in [0.1, 0.15) is 11.6 Å². The molecule has 0 radical (unpaired) electrons. The van der Waals surface area contributed by atoms with Crippen LogP contribution in [-0.4, -0.2) is 41.4 Å². The minimum Gasteiger partial charge on any atom is -0.501 e. The highest BCUT2D eigenvalue weighted by Gasteiger charge is 2.46. The molecular weight excluding hydrogens is 533 g/mol. The number of halogens is 1. The standard InChI is InChI=1S/C28H28FN7O5/c1-15-9-17(3-4-19(15)29)11-30-25(39)22-23(37)26(40)36-13-16-5-7-28(8-6-16,27(36)32-22)33-24(38)20-10-21(41-34-20)18-12-31-35(2)14-18/h3-4,9-10,12,14,16,37H,5-8,11,13H2,1-2H3,(H,30,39)(H,33,38). The molecule has 0 unspecified atom stereocenters. The third kappa shape index (κ3) is 4.77. The van der Waals surface area contributed by atoms with Crippen LogP contribution in [0.2, 0.25) is 0 Å². The normalized spacial score (nSPS) is 19.4. The van der Waals surface area contributed by atoms with Crippen LogP contribution in [0.4, 0.5) is 4.39 Å². The number of carbonyl (C=O) groups is 2. The number of amides is 2. The van der Waals surface area contributed by atoms with Crippen LogP contribution in [0, 0.1) is 18.7 Å². The highest BCUT2D eigenvalue weighted by Crippen LogP contribution is 2.43. The second-order valence-corrected chi connectivity index (χ2v) is 10.8. The Kier molecular flexibility index (Phi) is 6.43. The minimum absolute atomic E-state index is 0.0366. The van der Waals surface area contributed by atoms with E-state index in [1.165, 1.54) is 22.8 Å². The molecule has 2 bridgehead atoms. The summed E-state index contributed by atoms with van der Waals surface area (Å²) in [5, 5.41) is 24.4. The van der Waals surface area contributed by atoms with Crippen molar-refractivity contribution >= 4 is 11.8 Å². The zero-order valence-corrected chi connectivity index (χ0v) is 22.5. The summed E-state index contributed by atoms with van der Waals surface area (Å²) < 4.78 is 22.0. The van der Waals surface area contributed by atoms with Crippen molar-refractivity contribution in [2.75, 3.05) is 0 Å². The molecular formula is C28H28FN7O5. The smallest absolute Gasteiger partial charge is 0.296 e. The van der Waals surface area contributed by atoms with Crippen molar-refractivity contribution in [3.05, 3.63) is 81.2 Å². The highest BCUT2D eigenvalue weighted by atomic mass is 19.1. The maximum absolute atomic E-state index is 13.6. The molecule has 12 nitrogen and oxygen atoms in total. The van der Waals surface area contributed by atoms with Crippen molar-refractivity contribution in [3.63, 3.8) is 0 Å². The van der Waals surface area contributed by atoms with Gasteiger partial charge in [-0.15, -0.1) is 0 Å². The lowest BCUT2D eigenvalue weighted by Crippen LogP contribution is -2.50. The van der Waals surface area contributed by atoms with E-state index in [4.69, 9.17) is 4.52 Å². The fourth-order valence-electron chi connectivity index (χ4n) is 5.68. The molecule has 1 fully saturated rings. The fraction of sp³-hybridized carbons (Fsp3) is 0.357. The Bertz CT molecular complexity index is 1730. The van der Waals surface area contributed by atoms with Gasteiger partial charge in [-0.1, -0.05) is 17.3 Å². The van der Waals surface area contributed by atoms with Crippen molar-refractivity contribution in [1.82, 2.24) is 35.1 Å².